The van der Waals surface area contributed by atoms with Crippen molar-refractivity contribution in [3.63, 3.8) is 0 Å². The molecule has 30 heavy (non-hydrogen) atoms. The fraction of sp³-hybridized carbons (Fsp3) is 0.286. The third kappa shape index (κ3) is 6.34. The molecule has 0 saturated heterocycles. The minimum atomic E-state index is 0. The number of pyridine rings is 1. The highest BCUT2D eigenvalue weighted by atomic mass is 127. The summed E-state index contributed by atoms with van der Waals surface area (Å²) in [6, 6.07) is 11.6. The predicted molar refractivity (Wildman–Crippen MR) is 128 cm³/mol. The third-order valence-corrected chi connectivity index (χ3v) is 4.25. The lowest BCUT2D eigenvalue weighted by atomic mass is 10.2. The molecule has 0 radical (unpaired) electrons. The Labute approximate surface area is 193 Å². The zero-order valence-electron chi connectivity index (χ0n) is 17.3. The molecule has 0 atom stereocenters. The van der Waals surface area contributed by atoms with E-state index in [1.54, 1.807) is 31.3 Å². The van der Waals surface area contributed by atoms with Gasteiger partial charge in [0, 0.05) is 43.3 Å². The molecule has 1 aromatic carbocycles. The van der Waals surface area contributed by atoms with E-state index in [4.69, 9.17) is 9.47 Å². The SMILES string of the molecule is CCNC(=NCc1ccnc(-n2cccn2)c1)NCc1ccc(OC)cc1OC.I. The summed E-state index contributed by atoms with van der Waals surface area (Å²) >= 11 is 0. The van der Waals surface area contributed by atoms with Crippen LogP contribution >= 0.6 is 24.0 Å². The summed E-state index contributed by atoms with van der Waals surface area (Å²) in [5.74, 6) is 3.02. The van der Waals surface area contributed by atoms with Gasteiger partial charge < -0.3 is 20.1 Å². The number of hydrogen-bond donors (Lipinski definition) is 2. The Morgan fingerprint density at radius 2 is 1.97 bits per heavy atom. The molecule has 8 nitrogen and oxygen atoms in total. The quantitative estimate of drug-likeness (QED) is 0.269. The van der Waals surface area contributed by atoms with Gasteiger partial charge in [-0.3, -0.25) is 0 Å². The highest BCUT2D eigenvalue weighted by Gasteiger charge is 2.07. The van der Waals surface area contributed by atoms with E-state index >= 15 is 0 Å². The molecular formula is C21H27IN6O2. The second-order valence-corrected chi connectivity index (χ2v) is 6.20. The molecule has 0 bridgehead atoms. The third-order valence-electron chi connectivity index (χ3n) is 4.25. The summed E-state index contributed by atoms with van der Waals surface area (Å²) in [6.07, 6.45) is 5.36. The Balaban J connectivity index is 0.00000320. The van der Waals surface area contributed by atoms with Crippen molar-refractivity contribution in [2.24, 2.45) is 4.99 Å². The number of hydrogen-bond acceptors (Lipinski definition) is 5. The Kier molecular flexibility index (Phi) is 9.39. The maximum absolute atomic E-state index is 5.46. The lowest BCUT2D eigenvalue weighted by Gasteiger charge is -2.14. The zero-order valence-corrected chi connectivity index (χ0v) is 19.7. The van der Waals surface area contributed by atoms with Crippen molar-refractivity contribution in [2.75, 3.05) is 20.8 Å². The van der Waals surface area contributed by atoms with Crippen LogP contribution in [-0.4, -0.2) is 41.5 Å². The van der Waals surface area contributed by atoms with Gasteiger partial charge in [0.05, 0.1) is 20.8 Å². The maximum atomic E-state index is 5.46. The van der Waals surface area contributed by atoms with Gasteiger partial charge in [0.1, 0.15) is 11.5 Å². The van der Waals surface area contributed by atoms with Crippen LogP contribution in [0.15, 0.2) is 60.0 Å². The van der Waals surface area contributed by atoms with E-state index in [1.807, 2.05) is 49.5 Å². The molecule has 2 heterocycles. The van der Waals surface area contributed by atoms with Crippen molar-refractivity contribution >= 4 is 29.9 Å². The highest BCUT2D eigenvalue weighted by molar-refractivity contribution is 14.0. The number of rotatable bonds is 8. The standard InChI is InChI=1S/C21H26N6O2.HI/c1-4-22-21(25-15-17-6-7-18(28-2)13-19(17)29-3)24-14-16-8-10-23-20(12-16)27-11-5-9-26-27;/h5-13H,4,14-15H2,1-3H3,(H2,22,24,25);1H. The van der Waals surface area contributed by atoms with Gasteiger partial charge in [-0.2, -0.15) is 5.10 Å². The molecule has 3 rings (SSSR count). The van der Waals surface area contributed by atoms with Crippen LogP contribution in [0.2, 0.25) is 0 Å². The first kappa shape index (κ1) is 23.5. The molecule has 0 amide bonds. The first-order valence-corrected chi connectivity index (χ1v) is 9.41. The number of methoxy groups -OCH3 is 2. The number of nitrogens with zero attached hydrogens (tertiary/aromatic N) is 4. The second kappa shape index (κ2) is 12.0. The molecule has 0 spiro atoms. The van der Waals surface area contributed by atoms with Gasteiger partial charge in [-0.05, 0) is 42.8 Å². The van der Waals surface area contributed by atoms with Crippen LogP contribution in [0.25, 0.3) is 5.82 Å². The summed E-state index contributed by atoms with van der Waals surface area (Å²) in [5.41, 5.74) is 2.06. The number of aromatic nitrogens is 3. The summed E-state index contributed by atoms with van der Waals surface area (Å²) in [5, 5.41) is 10.8. The van der Waals surface area contributed by atoms with Crippen molar-refractivity contribution < 1.29 is 9.47 Å². The molecule has 9 heteroatoms. The summed E-state index contributed by atoms with van der Waals surface area (Å²) < 4.78 is 12.4. The molecule has 0 aliphatic heterocycles. The van der Waals surface area contributed by atoms with Gasteiger partial charge in [-0.1, -0.05) is 0 Å². The van der Waals surface area contributed by atoms with Crippen LogP contribution in [-0.2, 0) is 13.1 Å². The van der Waals surface area contributed by atoms with Crippen molar-refractivity contribution in [2.45, 2.75) is 20.0 Å². The van der Waals surface area contributed by atoms with Crippen LogP contribution in [0.3, 0.4) is 0 Å². The maximum Gasteiger partial charge on any atom is 0.191 e. The van der Waals surface area contributed by atoms with E-state index in [1.165, 1.54) is 0 Å². The molecule has 2 N–H and O–H groups in total. The van der Waals surface area contributed by atoms with Crippen LogP contribution in [0, 0.1) is 0 Å². The second-order valence-electron chi connectivity index (χ2n) is 6.20. The van der Waals surface area contributed by atoms with Gasteiger partial charge in [0.15, 0.2) is 11.8 Å². The Hall–Kier alpha value is -2.82. The summed E-state index contributed by atoms with van der Waals surface area (Å²) in [4.78, 5) is 9.03. The molecule has 2 aromatic heterocycles. The van der Waals surface area contributed by atoms with E-state index in [2.05, 4.69) is 25.7 Å². The lowest BCUT2D eigenvalue weighted by Crippen LogP contribution is -2.36. The first-order valence-electron chi connectivity index (χ1n) is 9.41. The van der Waals surface area contributed by atoms with Crippen LogP contribution in [0.1, 0.15) is 18.1 Å². The molecule has 0 saturated carbocycles. The van der Waals surface area contributed by atoms with E-state index in [-0.39, 0.29) is 24.0 Å². The summed E-state index contributed by atoms with van der Waals surface area (Å²) in [6.45, 7) is 3.90. The Bertz CT molecular complexity index is 946. The normalized spacial score (nSPS) is 10.8. The first-order chi connectivity index (χ1) is 14.2. The monoisotopic (exact) mass is 522 g/mol. The largest absolute Gasteiger partial charge is 0.497 e. The highest BCUT2D eigenvalue weighted by Crippen LogP contribution is 2.24. The van der Waals surface area contributed by atoms with E-state index in [0.29, 0.717) is 13.1 Å². The summed E-state index contributed by atoms with van der Waals surface area (Å²) in [7, 11) is 3.29. The predicted octanol–water partition coefficient (Wildman–Crippen LogP) is 3.16. The smallest absolute Gasteiger partial charge is 0.191 e. The molecule has 0 aliphatic rings. The lowest BCUT2D eigenvalue weighted by molar-refractivity contribution is 0.390. The van der Waals surface area contributed by atoms with Crippen molar-refractivity contribution in [1.29, 1.82) is 0 Å². The van der Waals surface area contributed by atoms with Gasteiger partial charge in [-0.15, -0.1) is 24.0 Å². The number of benzene rings is 1. The van der Waals surface area contributed by atoms with Crippen LogP contribution in [0.5, 0.6) is 11.5 Å². The molecule has 3 aromatic rings. The minimum absolute atomic E-state index is 0. The van der Waals surface area contributed by atoms with Gasteiger partial charge in [0.25, 0.3) is 0 Å². The van der Waals surface area contributed by atoms with Gasteiger partial charge in [-0.25, -0.2) is 14.7 Å². The fourth-order valence-electron chi connectivity index (χ4n) is 2.78. The fourth-order valence-corrected chi connectivity index (χ4v) is 2.78. The average molecular weight is 522 g/mol. The van der Waals surface area contributed by atoms with Crippen LogP contribution < -0.4 is 20.1 Å². The average Bonchev–Trinajstić information content (AvgIpc) is 3.31. The van der Waals surface area contributed by atoms with Crippen molar-refractivity contribution in [1.82, 2.24) is 25.4 Å². The molecule has 0 fully saturated rings. The number of halogens is 1. The molecular weight excluding hydrogens is 495 g/mol. The molecule has 160 valence electrons. The molecule has 0 unspecified atom stereocenters. The van der Waals surface area contributed by atoms with Crippen LogP contribution in [0.4, 0.5) is 0 Å². The van der Waals surface area contributed by atoms with Crippen molar-refractivity contribution in [3.8, 4) is 17.3 Å². The van der Waals surface area contributed by atoms with E-state index < -0.39 is 0 Å². The Morgan fingerprint density at radius 3 is 2.67 bits per heavy atom. The number of guanidine groups is 1. The number of nitrogens with one attached hydrogen (secondary N) is 2. The zero-order chi connectivity index (χ0) is 20.5. The molecule has 0 aliphatic carbocycles. The van der Waals surface area contributed by atoms with Gasteiger partial charge >= 0.3 is 0 Å². The Morgan fingerprint density at radius 1 is 1.10 bits per heavy atom. The number of aliphatic imine (C=N–C) groups is 1. The van der Waals surface area contributed by atoms with Gasteiger partial charge in [0.2, 0.25) is 0 Å². The minimum Gasteiger partial charge on any atom is -0.497 e. The van der Waals surface area contributed by atoms with E-state index in [0.717, 1.165) is 40.9 Å². The van der Waals surface area contributed by atoms with Crippen molar-refractivity contribution in [3.05, 3.63) is 66.1 Å². The number of ether oxygens (including phenoxy) is 2. The van der Waals surface area contributed by atoms with E-state index in [9.17, 15) is 0 Å². The topological polar surface area (TPSA) is 85.6 Å².